The van der Waals surface area contributed by atoms with Crippen LogP contribution in [0.5, 0.6) is 0 Å². The quantitative estimate of drug-likeness (QED) is 0.654. The second-order valence-corrected chi connectivity index (χ2v) is 10.7. The molecule has 2 aliphatic rings. The zero-order chi connectivity index (χ0) is 21.3. The van der Waals surface area contributed by atoms with Crippen LogP contribution in [0.4, 0.5) is 0 Å². The van der Waals surface area contributed by atoms with Crippen molar-refractivity contribution in [1.82, 2.24) is 5.32 Å². The third-order valence-electron chi connectivity index (χ3n) is 5.26. The maximum Gasteiger partial charge on any atom is 0.337 e. The highest BCUT2D eigenvalue weighted by atomic mass is 35.5. The van der Waals surface area contributed by atoms with Gasteiger partial charge in [0.05, 0.1) is 39.3 Å². The Bertz CT molecular complexity index is 1130. The molecule has 0 amide bonds. The number of thiophene rings is 1. The Kier molecular flexibility index (Phi) is 6.04. The minimum Gasteiger partial charge on any atom is -0.463 e. The van der Waals surface area contributed by atoms with E-state index in [-0.39, 0.29) is 17.3 Å². The van der Waals surface area contributed by atoms with Gasteiger partial charge in [-0.15, -0.1) is 11.3 Å². The zero-order valence-electron chi connectivity index (χ0n) is 16.5. The first-order chi connectivity index (χ1) is 14.4. The van der Waals surface area contributed by atoms with Crippen LogP contribution in [-0.2, 0) is 19.4 Å². The first-order valence-corrected chi connectivity index (χ1v) is 12.8. The fourth-order valence-corrected chi connectivity index (χ4v) is 6.92. The molecule has 1 unspecified atom stereocenters. The number of esters is 1. The van der Waals surface area contributed by atoms with Gasteiger partial charge >= 0.3 is 5.97 Å². The number of allylic oxidation sites excluding steroid dienone is 2. The molecule has 1 aromatic carbocycles. The summed E-state index contributed by atoms with van der Waals surface area (Å²) in [7, 11) is -3.57. The maximum absolute atomic E-state index is 13.3. The molecule has 0 saturated heterocycles. The molecular formula is C22H22ClNO4S2. The first-order valence-electron chi connectivity index (χ1n) is 9.86. The average molecular weight is 464 g/mol. The van der Waals surface area contributed by atoms with E-state index in [4.69, 9.17) is 16.3 Å². The Morgan fingerprint density at radius 2 is 2.10 bits per heavy atom. The largest absolute Gasteiger partial charge is 0.463 e. The third kappa shape index (κ3) is 3.94. The highest BCUT2D eigenvalue weighted by Gasteiger charge is 2.42. The normalized spacial score (nSPS) is 20.9. The number of ether oxygens (including phenoxy) is 1. The number of rotatable bonds is 4. The summed E-state index contributed by atoms with van der Waals surface area (Å²) in [6.07, 6.45) is 1.96. The van der Waals surface area contributed by atoms with Crippen molar-refractivity contribution in [3.8, 4) is 0 Å². The maximum atomic E-state index is 13.3. The van der Waals surface area contributed by atoms with Crippen LogP contribution in [0.25, 0.3) is 5.70 Å². The molecule has 5 nitrogen and oxygen atoms in total. The number of nitrogens with one attached hydrogen (secondary N) is 1. The number of dihydropyridines is 1. The van der Waals surface area contributed by atoms with E-state index in [0.717, 1.165) is 11.3 Å². The molecule has 4 rings (SSSR count). The van der Waals surface area contributed by atoms with Crippen LogP contribution in [0, 0.1) is 0 Å². The predicted octanol–water partition coefficient (Wildman–Crippen LogP) is 4.87. The van der Waals surface area contributed by atoms with Crippen molar-refractivity contribution in [3.05, 3.63) is 73.4 Å². The molecule has 1 atom stereocenters. The lowest BCUT2D eigenvalue weighted by Crippen LogP contribution is -2.32. The summed E-state index contributed by atoms with van der Waals surface area (Å²) in [5.74, 6) is -1.22. The molecule has 30 heavy (non-hydrogen) atoms. The van der Waals surface area contributed by atoms with Gasteiger partial charge in [-0.05, 0) is 55.3 Å². The molecule has 8 heteroatoms. The third-order valence-corrected chi connectivity index (χ3v) is 8.36. The smallest absolute Gasteiger partial charge is 0.337 e. The number of carbonyl (C=O) groups excluding carboxylic acids is 1. The van der Waals surface area contributed by atoms with E-state index in [0.29, 0.717) is 40.4 Å². The van der Waals surface area contributed by atoms with Crippen LogP contribution in [0.15, 0.2) is 58.0 Å². The minimum absolute atomic E-state index is 0.0645. The molecule has 0 bridgehead atoms. The van der Waals surface area contributed by atoms with Crippen molar-refractivity contribution in [2.45, 2.75) is 32.1 Å². The fraction of sp³-hybridized carbons (Fsp3) is 0.318. The number of benzene rings is 1. The number of hydrogen-bond donors (Lipinski definition) is 1. The van der Waals surface area contributed by atoms with E-state index >= 15 is 0 Å². The predicted molar refractivity (Wildman–Crippen MR) is 120 cm³/mol. The summed E-state index contributed by atoms with van der Waals surface area (Å²) >= 11 is 7.74. The van der Waals surface area contributed by atoms with E-state index in [1.54, 1.807) is 25.1 Å². The average Bonchev–Trinajstić information content (AvgIpc) is 3.20. The number of hydrogen-bond acceptors (Lipinski definition) is 6. The van der Waals surface area contributed by atoms with Crippen molar-refractivity contribution in [3.63, 3.8) is 0 Å². The topological polar surface area (TPSA) is 72.5 Å². The van der Waals surface area contributed by atoms with Crippen LogP contribution in [-0.4, -0.2) is 26.7 Å². The lowest BCUT2D eigenvalue weighted by Gasteiger charge is -2.32. The summed E-state index contributed by atoms with van der Waals surface area (Å²) in [5.41, 5.74) is 2.25. The van der Waals surface area contributed by atoms with Crippen molar-refractivity contribution < 1.29 is 17.9 Å². The van der Waals surface area contributed by atoms with Crippen molar-refractivity contribution in [1.29, 1.82) is 0 Å². The van der Waals surface area contributed by atoms with Crippen molar-refractivity contribution in [2.75, 3.05) is 12.4 Å². The molecule has 0 aliphatic carbocycles. The van der Waals surface area contributed by atoms with Crippen molar-refractivity contribution in [2.24, 2.45) is 0 Å². The molecule has 1 aromatic heterocycles. The lowest BCUT2D eigenvalue weighted by molar-refractivity contribution is -0.138. The molecular weight excluding hydrogens is 442 g/mol. The van der Waals surface area contributed by atoms with E-state index in [1.165, 1.54) is 11.3 Å². The van der Waals surface area contributed by atoms with Gasteiger partial charge < -0.3 is 10.1 Å². The van der Waals surface area contributed by atoms with Gasteiger partial charge in [0.1, 0.15) is 0 Å². The van der Waals surface area contributed by atoms with E-state index in [2.05, 4.69) is 5.32 Å². The Hall–Kier alpha value is -2.09. The Morgan fingerprint density at radius 3 is 2.80 bits per heavy atom. The highest BCUT2D eigenvalue weighted by Crippen LogP contribution is 2.46. The molecule has 3 heterocycles. The van der Waals surface area contributed by atoms with Crippen LogP contribution < -0.4 is 5.32 Å². The molecule has 0 fully saturated rings. The summed E-state index contributed by atoms with van der Waals surface area (Å²) in [4.78, 5) is 14.3. The Labute approximate surface area is 185 Å². The van der Waals surface area contributed by atoms with Crippen LogP contribution in [0.3, 0.4) is 0 Å². The Balaban J connectivity index is 2.02. The van der Waals surface area contributed by atoms with Gasteiger partial charge in [-0.25, -0.2) is 13.2 Å². The molecule has 0 spiro atoms. The SMILES string of the molecule is CCOC(=O)C1=C(c2cccs2)NC2=C(C1c1cccc(Cl)c1)S(=O)(=O)CCCC2. The second-order valence-electron chi connectivity index (χ2n) is 7.22. The summed E-state index contributed by atoms with van der Waals surface area (Å²) < 4.78 is 32.0. The van der Waals surface area contributed by atoms with Gasteiger partial charge in [0, 0.05) is 10.7 Å². The number of sulfone groups is 1. The molecule has 1 N–H and O–H groups in total. The van der Waals surface area contributed by atoms with E-state index in [1.807, 2.05) is 23.6 Å². The molecule has 0 radical (unpaired) electrons. The molecule has 2 aliphatic heterocycles. The van der Waals surface area contributed by atoms with Crippen LogP contribution in [0.2, 0.25) is 5.02 Å². The first kappa shape index (κ1) is 21.2. The zero-order valence-corrected chi connectivity index (χ0v) is 18.9. The molecule has 2 aromatic rings. The summed E-state index contributed by atoms with van der Waals surface area (Å²) in [6.45, 7) is 1.93. The number of carbonyl (C=O) groups is 1. The van der Waals surface area contributed by atoms with Crippen LogP contribution >= 0.6 is 22.9 Å². The van der Waals surface area contributed by atoms with Crippen molar-refractivity contribution >= 4 is 44.4 Å². The van der Waals surface area contributed by atoms with Gasteiger partial charge in [-0.3, -0.25) is 0 Å². The van der Waals surface area contributed by atoms with E-state index in [9.17, 15) is 13.2 Å². The lowest BCUT2D eigenvalue weighted by atomic mass is 9.85. The van der Waals surface area contributed by atoms with Gasteiger partial charge in [0.2, 0.25) is 0 Å². The fourth-order valence-electron chi connectivity index (χ4n) is 4.03. The summed E-state index contributed by atoms with van der Waals surface area (Å²) in [6, 6.07) is 10.9. The van der Waals surface area contributed by atoms with Crippen LogP contribution in [0.1, 0.15) is 42.5 Å². The number of halogens is 1. The summed E-state index contributed by atoms with van der Waals surface area (Å²) in [5, 5.41) is 5.73. The van der Waals surface area contributed by atoms with Gasteiger partial charge in [0.15, 0.2) is 9.84 Å². The monoisotopic (exact) mass is 463 g/mol. The van der Waals surface area contributed by atoms with E-state index < -0.39 is 21.7 Å². The van der Waals surface area contributed by atoms with Gasteiger partial charge in [-0.2, -0.15) is 0 Å². The second kappa shape index (κ2) is 8.57. The van der Waals surface area contributed by atoms with Gasteiger partial charge in [-0.1, -0.05) is 29.8 Å². The minimum atomic E-state index is -3.57. The molecule has 158 valence electrons. The Morgan fingerprint density at radius 1 is 1.27 bits per heavy atom. The molecule has 0 saturated carbocycles. The van der Waals surface area contributed by atoms with Gasteiger partial charge in [0.25, 0.3) is 0 Å². The highest BCUT2D eigenvalue weighted by molar-refractivity contribution is 7.95. The standard InChI is InChI=1S/C22H22ClNO4S2/c1-2-28-22(25)19-18(14-7-5-8-15(23)13-14)21-16(9-3-4-12-30(21,26)27)24-20(19)17-10-6-11-29-17/h5-8,10-11,13,18,24H,2-4,9,12H2,1H3.